The summed E-state index contributed by atoms with van der Waals surface area (Å²) in [6, 6.07) is 1.64. The Labute approximate surface area is 196 Å². The van der Waals surface area contributed by atoms with Crippen molar-refractivity contribution < 1.29 is 31.9 Å². The molecule has 1 aromatic rings. The predicted molar refractivity (Wildman–Crippen MR) is 124 cm³/mol. The molecule has 10 heteroatoms. The van der Waals surface area contributed by atoms with Crippen LogP contribution in [0, 0.1) is 0 Å². The molecule has 1 N–H and O–H groups in total. The first-order valence-electron chi connectivity index (χ1n) is 11.9. The number of sulfone groups is 1. The Morgan fingerprint density at radius 2 is 1.88 bits per heavy atom. The van der Waals surface area contributed by atoms with Crippen molar-refractivity contribution in [2.45, 2.75) is 101 Å². The molecule has 0 radical (unpaired) electrons. The van der Waals surface area contributed by atoms with E-state index in [0.29, 0.717) is 38.4 Å². The quantitative estimate of drug-likeness (QED) is 0.563. The molecule has 9 nitrogen and oxygen atoms in total. The van der Waals surface area contributed by atoms with Gasteiger partial charge in [-0.2, -0.15) is 0 Å². The van der Waals surface area contributed by atoms with Crippen LogP contribution in [0.25, 0.3) is 0 Å². The Balaban J connectivity index is 1.70. The summed E-state index contributed by atoms with van der Waals surface area (Å²) in [5.41, 5.74) is 0.108. The fraction of sp³-hybridized carbons (Fsp3) is 0.826. The summed E-state index contributed by atoms with van der Waals surface area (Å²) in [5.74, 6) is -0.532. The molecule has 2 atom stereocenters. The first-order valence-corrected chi connectivity index (χ1v) is 13.4. The summed E-state index contributed by atoms with van der Waals surface area (Å²) in [4.78, 5) is 13.0. The molecule has 0 bridgehead atoms. The number of hydrogen-bond donors (Lipinski definition) is 1. The van der Waals surface area contributed by atoms with Crippen LogP contribution in [0.3, 0.4) is 0 Å². The molecule has 3 heterocycles. The topological polar surface area (TPSA) is 117 Å². The molecule has 0 saturated carbocycles. The summed E-state index contributed by atoms with van der Waals surface area (Å²) in [6.07, 6.45) is 4.12. The fourth-order valence-electron chi connectivity index (χ4n) is 4.38. The summed E-state index contributed by atoms with van der Waals surface area (Å²) in [7, 11) is -3.72. The Kier molecular flexibility index (Phi) is 8.24. The van der Waals surface area contributed by atoms with Crippen LogP contribution >= 0.6 is 0 Å². The van der Waals surface area contributed by atoms with E-state index < -0.39 is 31.2 Å². The average molecular weight is 487 g/mol. The van der Waals surface area contributed by atoms with Crippen LogP contribution in [-0.4, -0.2) is 61.7 Å². The first kappa shape index (κ1) is 26.1. The second-order valence-corrected chi connectivity index (χ2v) is 12.7. The van der Waals surface area contributed by atoms with Crippen LogP contribution in [0.5, 0.6) is 0 Å². The van der Waals surface area contributed by atoms with E-state index in [4.69, 9.17) is 18.7 Å². The van der Waals surface area contributed by atoms with Crippen molar-refractivity contribution in [1.29, 1.82) is 0 Å². The zero-order chi connectivity index (χ0) is 24.3. The van der Waals surface area contributed by atoms with Crippen molar-refractivity contribution >= 4 is 21.6 Å². The van der Waals surface area contributed by atoms with Gasteiger partial charge in [0.1, 0.15) is 4.75 Å². The molecule has 1 amide bonds. The lowest BCUT2D eigenvalue weighted by Crippen LogP contribution is -2.50. The number of ether oxygens (including phenoxy) is 3. The molecule has 2 fully saturated rings. The molecule has 0 aliphatic carbocycles. The molecule has 0 spiro atoms. The number of hydrogen-bond acceptors (Lipinski definition) is 8. The molecule has 188 valence electrons. The first-order chi connectivity index (χ1) is 15.5. The second-order valence-electron chi connectivity index (χ2n) is 9.95. The van der Waals surface area contributed by atoms with Gasteiger partial charge in [0.05, 0.1) is 17.0 Å². The normalized spacial score (nSPS) is 22.2. The van der Waals surface area contributed by atoms with Crippen molar-refractivity contribution in [2.24, 2.45) is 0 Å². The number of carbonyl (C=O) groups excluding carboxylic acids is 1. The molecule has 33 heavy (non-hydrogen) atoms. The molecule has 0 aromatic carbocycles. The molecular weight excluding hydrogens is 448 g/mol. The molecule has 3 rings (SSSR count). The standard InChI is InChI=1S/C23H38N2O7S/c1-6-18(31-20-9-7-8-12-30-20)22(2,3)17-15-19(32-25-17)24-21(26)23(4,5)33(27,28)16-10-13-29-14-11-16/h15-16,18,20H,6-14H2,1-5H3,(H,24,26)/t18-,20?/m0/s1. The maximum absolute atomic E-state index is 13.1. The molecule has 1 aromatic heterocycles. The highest BCUT2D eigenvalue weighted by molar-refractivity contribution is 7.94. The number of nitrogens with zero attached hydrogens (tertiary/aromatic N) is 1. The highest BCUT2D eigenvalue weighted by atomic mass is 32.2. The average Bonchev–Trinajstić information content (AvgIpc) is 3.28. The largest absolute Gasteiger partial charge is 0.381 e. The molecule has 2 aliphatic heterocycles. The van der Waals surface area contributed by atoms with Gasteiger partial charge >= 0.3 is 0 Å². The highest BCUT2D eigenvalue weighted by Gasteiger charge is 2.47. The van der Waals surface area contributed by atoms with E-state index in [0.717, 1.165) is 25.7 Å². The summed E-state index contributed by atoms with van der Waals surface area (Å²) in [5, 5.41) is 6.18. The molecule has 2 saturated heterocycles. The van der Waals surface area contributed by atoms with Crippen molar-refractivity contribution in [2.75, 3.05) is 25.1 Å². The maximum atomic E-state index is 13.1. The van der Waals surface area contributed by atoms with Gasteiger partial charge in [-0.25, -0.2) is 8.42 Å². The highest BCUT2D eigenvalue weighted by Crippen LogP contribution is 2.34. The van der Waals surface area contributed by atoms with Gasteiger partial charge in [0.2, 0.25) is 11.8 Å². The van der Waals surface area contributed by atoms with Crippen molar-refractivity contribution in [3.8, 4) is 0 Å². The van der Waals surface area contributed by atoms with Crippen molar-refractivity contribution in [3.63, 3.8) is 0 Å². The second kappa shape index (κ2) is 10.4. The lowest BCUT2D eigenvalue weighted by Gasteiger charge is -2.35. The van der Waals surface area contributed by atoms with Crippen LogP contribution in [0.1, 0.15) is 78.8 Å². The summed E-state index contributed by atoms with van der Waals surface area (Å²) >= 11 is 0. The van der Waals surface area contributed by atoms with Gasteiger partial charge in [0.25, 0.3) is 0 Å². The SMILES string of the molecule is CC[C@H](OC1CCCCO1)C(C)(C)c1cc(NC(=O)C(C)(C)S(=O)(=O)C2CCOCC2)on1. The lowest BCUT2D eigenvalue weighted by molar-refractivity contribution is -0.201. The van der Waals surface area contributed by atoms with Crippen LogP contribution in [0.4, 0.5) is 5.88 Å². The van der Waals surface area contributed by atoms with Crippen molar-refractivity contribution in [3.05, 3.63) is 11.8 Å². The minimum absolute atomic E-state index is 0.113. The number of aromatic nitrogens is 1. The lowest BCUT2D eigenvalue weighted by atomic mass is 9.81. The van der Waals surface area contributed by atoms with Gasteiger partial charge in [-0.05, 0) is 52.4 Å². The van der Waals surface area contributed by atoms with Crippen LogP contribution in [0.15, 0.2) is 10.6 Å². The monoisotopic (exact) mass is 486 g/mol. The summed E-state index contributed by atoms with van der Waals surface area (Å²) < 4.78 is 47.2. The maximum Gasteiger partial charge on any atom is 0.247 e. The predicted octanol–water partition coefficient (Wildman–Crippen LogP) is 3.58. The van der Waals surface area contributed by atoms with Gasteiger partial charge in [0.15, 0.2) is 16.1 Å². The van der Waals surface area contributed by atoms with E-state index in [1.54, 1.807) is 6.07 Å². The van der Waals surface area contributed by atoms with Gasteiger partial charge < -0.3 is 18.7 Å². The number of amides is 1. The Bertz CT molecular complexity index is 898. The summed E-state index contributed by atoms with van der Waals surface area (Å²) in [6.45, 7) is 10.4. The van der Waals surface area contributed by atoms with Crippen LogP contribution < -0.4 is 5.32 Å². The third-order valence-electron chi connectivity index (χ3n) is 6.90. The van der Waals surface area contributed by atoms with E-state index >= 15 is 0 Å². The number of anilines is 1. The minimum Gasteiger partial charge on any atom is -0.381 e. The van der Waals surface area contributed by atoms with E-state index in [9.17, 15) is 13.2 Å². The zero-order valence-corrected chi connectivity index (χ0v) is 21.2. The number of carbonyl (C=O) groups is 1. The Morgan fingerprint density at radius 3 is 2.48 bits per heavy atom. The van der Waals surface area contributed by atoms with E-state index in [2.05, 4.69) is 10.5 Å². The van der Waals surface area contributed by atoms with Gasteiger partial charge in [0, 0.05) is 31.3 Å². The zero-order valence-electron chi connectivity index (χ0n) is 20.4. The molecule has 1 unspecified atom stereocenters. The Morgan fingerprint density at radius 1 is 1.18 bits per heavy atom. The molecule has 2 aliphatic rings. The Hall–Kier alpha value is -1.49. The van der Waals surface area contributed by atoms with Gasteiger partial charge in [-0.3, -0.25) is 10.1 Å². The third-order valence-corrected chi connectivity index (χ3v) is 9.86. The van der Waals surface area contributed by atoms with Crippen LogP contribution in [-0.2, 0) is 34.3 Å². The van der Waals surface area contributed by atoms with Crippen LogP contribution in [0.2, 0.25) is 0 Å². The third kappa shape index (κ3) is 5.61. The fourth-order valence-corrected chi connectivity index (χ4v) is 6.33. The van der Waals surface area contributed by atoms with E-state index in [1.165, 1.54) is 13.8 Å². The van der Waals surface area contributed by atoms with Gasteiger partial charge in [-0.1, -0.05) is 25.9 Å². The smallest absolute Gasteiger partial charge is 0.247 e. The van der Waals surface area contributed by atoms with E-state index in [1.807, 2.05) is 20.8 Å². The molecular formula is C23H38N2O7S. The number of nitrogens with one attached hydrogen (secondary N) is 1. The van der Waals surface area contributed by atoms with Crippen molar-refractivity contribution in [1.82, 2.24) is 5.16 Å². The minimum atomic E-state index is -3.72. The van der Waals surface area contributed by atoms with Gasteiger partial charge in [-0.15, -0.1) is 0 Å². The number of rotatable bonds is 9. The van der Waals surface area contributed by atoms with E-state index in [-0.39, 0.29) is 18.3 Å².